The molecule has 0 aliphatic carbocycles. The predicted octanol–water partition coefficient (Wildman–Crippen LogP) is 5.37. The monoisotopic (exact) mass is 444 g/mol. The summed E-state index contributed by atoms with van der Waals surface area (Å²) in [6.07, 6.45) is 1.17. The van der Waals surface area contributed by atoms with Gasteiger partial charge in [0, 0.05) is 11.6 Å². The Kier molecular flexibility index (Phi) is 7.31. The Bertz CT molecular complexity index is 1250. The standard InChI is InChI=1S/C26H24N2O5/c1-16(2)32-26(30)18-9-11-21(17(3)13-18)23-12-10-20(33-23)14-19(15-27)25(29)28-22-7-5-6-8-24(22)31-4/h5-14,16H,1-4H3,(H,28,29)/b19-14+. The van der Waals surface area contributed by atoms with Gasteiger partial charge in [-0.2, -0.15) is 5.26 Å². The van der Waals surface area contributed by atoms with E-state index in [4.69, 9.17) is 13.9 Å². The van der Waals surface area contributed by atoms with Crippen molar-refractivity contribution >= 4 is 23.6 Å². The van der Waals surface area contributed by atoms with Gasteiger partial charge >= 0.3 is 5.97 Å². The van der Waals surface area contributed by atoms with Crippen LogP contribution in [0.3, 0.4) is 0 Å². The lowest BCUT2D eigenvalue weighted by molar-refractivity contribution is -0.112. The number of esters is 1. The van der Waals surface area contributed by atoms with Gasteiger partial charge < -0.3 is 19.2 Å². The molecule has 0 spiro atoms. The fraction of sp³-hybridized carbons (Fsp3) is 0.192. The molecule has 0 unspecified atom stereocenters. The minimum atomic E-state index is -0.579. The fourth-order valence-electron chi connectivity index (χ4n) is 3.15. The molecule has 3 aromatic rings. The number of anilines is 1. The summed E-state index contributed by atoms with van der Waals surface area (Å²) in [6, 6.07) is 17.4. The van der Waals surface area contributed by atoms with Crippen molar-refractivity contribution in [3.8, 4) is 23.1 Å². The third-order valence-electron chi connectivity index (χ3n) is 4.70. The van der Waals surface area contributed by atoms with Gasteiger partial charge in [0.2, 0.25) is 0 Å². The molecule has 1 heterocycles. The third kappa shape index (κ3) is 5.69. The average molecular weight is 444 g/mol. The lowest BCUT2D eigenvalue weighted by Crippen LogP contribution is -2.14. The van der Waals surface area contributed by atoms with Crippen LogP contribution in [0.5, 0.6) is 5.75 Å². The zero-order valence-corrected chi connectivity index (χ0v) is 18.8. The van der Waals surface area contributed by atoms with Gasteiger partial charge in [-0.3, -0.25) is 4.79 Å². The molecule has 0 saturated heterocycles. The molecule has 2 aromatic carbocycles. The number of para-hydroxylation sites is 2. The Morgan fingerprint density at radius 2 is 1.88 bits per heavy atom. The topological polar surface area (TPSA) is 102 Å². The van der Waals surface area contributed by atoms with E-state index in [0.717, 1.165) is 11.1 Å². The van der Waals surface area contributed by atoms with Crippen LogP contribution >= 0.6 is 0 Å². The molecular weight excluding hydrogens is 420 g/mol. The maximum atomic E-state index is 12.6. The summed E-state index contributed by atoms with van der Waals surface area (Å²) < 4.78 is 16.3. The summed E-state index contributed by atoms with van der Waals surface area (Å²) in [5.74, 6) is 0.413. The highest BCUT2D eigenvalue weighted by atomic mass is 16.5. The Hall–Kier alpha value is -4.31. The number of hydrogen-bond acceptors (Lipinski definition) is 6. The number of benzene rings is 2. The van der Waals surface area contributed by atoms with Crippen molar-refractivity contribution in [3.05, 3.63) is 77.1 Å². The number of ether oxygens (including phenoxy) is 2. The van der Waals surface area contributed by atoms with Crippen LogP contribution in [0, 0.1) is 18.3 Å². The first-order valence-electron chi connectivity index (χ1n) is 10.3. The number of rotatable bonds is 7. The highest BCUT2D eigenvalue weighted by Gasteiger charge is 2.15. The predicted molar refractivity (Wildman–Crippen MR) is 125 cm³/mol. The van der Waals surface area contributed by atoms with Crippen LogP contribution < -0.4 is 10.1 Å². The van der Waals surface area contributed by atoms with Crippen molar-refractivity contribution in [3.63, 3.8) is 0 Å². The molecule has 1 N–H and O–H groups in total. The summed E-state index contributed by atoms with van der Waals surface area (Å²) >= 11 is 0. The number of nitriles is 1. The van der Waals surface area contributed by atoms with E-state index >= 15 is 0 Å². The van der Waals surface area contributed by atoms with E-state index in [1.54, 1.807) is 68.4 Å². The highest BCUT2D eigenvalue weighted by molar-refractivity contribution is 6.10. The maximum absolute atomic E-state index is 12.6. The van der Waals surface area contributed by atoms with E-state index in [1.807, 2.05) is 13.0 Å². The molecule has 3 rings (SSSR count). The second kappa shape index (κ2) is 10.3. The number of carbonyl (C=O) groups excluding carboxylic acids is 2. The number of amides is 1. The second-order valence-corrected chi connectivity index (χ2v) is 7.51. The molecule has 0 bridgehead atoms. The van der Waals surface area contributed by atoms with Gasteiger partial charge in [0.05, 0.1) is 24.5 Å². The summed E-state index contributed by atoms with van der Waals surface area (Å²) in [7, 11) is 1.50. The first kappa shape index (κ1) is 23.4. The second-order valence-electron chi connectivity index (χ2n) is 7.51. The number of methoxy groups -OCH3 is 1. The highest BCUT2D eigenvalue weighted by Crippen LogP contribution is 2.28. The van der Waals surface area contributed by atoms with Crippen LogP contribution in [0.15, 0.2) is 64.6 Å². The molecule has 0 radical (unpaired) electrons. The van der Waals surface area contributed by atoms with Crippen molar-refractivity contribution in [2.45, 2.75) is 26.9 Å². The van der Waals surface area contributed by atoms with Crippen molar-refractivity contribution in [2.24, 2.45) is 0 Å². The zero-order valence-electron chi connectivity index (χ0n) is 18.8. The Balaban J connectivity index is 1.80. The van der Waals surface area contributed by atoms with Gasteiger partial charge in [-0.05, 0) is 62.7 Å². The van der Waals surface area contributed by atoms with Crippen molar-refractivity contribution in [1.82, 2.24) is 0 Å². The van der Waals surface area contributed by atoms with E-state index in [-0.39, 0.29) is 17.6 Å². The van der Waals surface area contributed by atoms with E-state index in [2.05, 4.69) is 5.32 Å². The quantitative estimate of drug-likeness (QED) is 0.298. The molecule has 33 heavy (non-hydrogen) atoms. The average Bonchev–Trinajstić information content (AvgIpc) is 3.25. The largest absolute Gasteiger partial charge is 0.495 e. The Morgan fingerprint density at radius 3 is 2.55 bits per heavy atom. The minimum Gasteiger partial charge on any atom is -0.495 e. The van der Waals surface area contributed by atoms with Gasteiger partial charge in [-0.25, -0.2) is 4.79 Å². The number of hydrogen-bond donors (Lipinski definition) is 1. The Labute approximate surface area is 192 Å². The van der Waals surface area contributed by atoms with E-state index in [1.165, 1.54) is 13.2 Å². The summed E-state index contributed by atoms with van der Waals surface area (Å²) in [5.41, 5.74) is 2.40. The van der Waals surface area contributed by atoms with Gasteiger partial charge in [-0.1, -0.05) is 18.2 Å². The molecule has 1 amide bonds. The van der Waals surface area contributed by atoms with Crippen LogP contribution in [0.4, 0.5) is 5.69 Å². The van der Waals surface area contributed by atoms with Gasteiger partial charge in [-0.15, -0.1) is 0 Å². The van der Waals surface area contributed by atoms with Crippen molar-refractivity contribution in [1.29, 1.82) is 5.26 Å². The van der Waals surface area contributed by atoms with Gasteiger partial charge in [0.15, 0.2) is 0 Å². The van der Waals surface area contributed by atoms with E-state index in [0.29, 0.717) is 28.5 Å². The molecule has 7 nitrogen and oxygen atoms in total. The molecule has 1 aromatic heterocycles. The van der Waals surface area contributed by atoms with Crippen LogP contribution in [0.2, 0.25) is 0 Å². The van der Waals surface area contributed by atoms with E-state index < -0.39 is 5.91 Å². The fourth-order valence-corrected chi connectivity index (χ4v) is 3.15. The molecule has 168 valence electrons. The molecule has 0 aliphatic rings. The Morgan fingerprint density at radius 1 is 1.12 bits per heavy atom. The number of furan rings is 1. The normalized spacial score (nSPS) is 11.1. The summed E-state index contributed by atoms with van der Waals surface area (Å²) in [4.78, 5) is 24.7. The van der Waals surface area contributed by atoms with Crippen molar-refractivity contribution < 1.29 is 23.5 Å². The van der Waals surface area contributed by atoms with Crippen LogP contribution in [-0.2, 0) is 9.53 Å². The van der Waals surface area contributed by atoms with Crippen LogP contribution in [0.1, 0.15) is 35.5 Å². The molecular formula is C26H24N2O5. The number of aryl methyl sites for hydroxylation is 1. The van der Waals surface area contributed by atoms with Gasteiger partial charge in [0.1, 0.15) is 28.9 Å². The first-order chi connectivity index (χ1) is 15.8. The molecule has 0 aliphatic heterocycles. The molecule has 0 atom stereocenters. The number of carbonyl (C=O) groups is 2. The smallest absolute Gasteiger partial charge is 0.338 e. The summed E-state index contributed by atoms with van der Waals surface area (Å²) in [6.45, 7) is 5.45. The van der Waals surface area contributed by atoms with E-state index in [9.17, 15) is 14.9 Å². The molecule has 0 saturated carbocycles. The lowest BCUT2D eigenvalue weighted by atomic mass is 10.0. The molecule has 0 fully saturated rings. The summed E-state index contributed by atoms with van der Waals surface area (Å²) in [5, 5.41) is 12.1. The van der Waals surface area contributed by atoms with Crippen LogP contribution in [-0.4, -0.2) is 25.1 Å². The minimum absolute atomic E-state index is 0.120. The number of nitrogens with zero attached hydrogens (tertiary/aromatic N) is 1. The van der Waals surface area contributed by atoms with Crippen LogP contribution in [0.25, 0.3) is 17.4 Å². The maximum Gasteiger partial charge on any atom is 0.338 e. The zero-order chi connectivity index (χ0) is 24.0. The third-order valence-corrected chi connectivity index (χ3v) is 4.70. The van der Waals surface area contributed by atoms with Crippen molar-refractivity contribution in [2.75, 3.05) is 12.4 Å². The van der Waals surface area contributed by atoms with Gasteiger partial charge in [0.25, 0.3) is 5.91 Å². The SMILES string of the molecule is COc1ccccc1NC(=O)/C(C#N)=C/c1ccc(-c2ccc(C(=O)OC(C)C)cc2C)o1. The lowest BCUT2D eigenvalue weighted by Gasteiger charge is -2.10. The number of nitrogens with one attached hydrogen (secondary N) is 1. The first-order valence-corrected chi connectivity index (χ1v) is 10.3. The molecule has 7 heteroatoms.